The smallest absolute Gasteiger partial charge is 0.134 e. The van der Waals surface area contributed by atoms with E-state index in [-0.39, 0.29) is 11.1 Å². The Balaban J connectivity index is 3.09. The third-order valence-electron chi connectivity index (χ3n) is 1.71. The Morgan fingerprint density at radius 2 is 2.27 bits per heavy atom. The van der Waals surface area contributed by atoms with E-state index in [2.05, 4.69) is 0 Å². The van der Waals surface area contributed by atoms with Gasteiger partial charge in [0.05, 0.1) is 12.2 Å². The maximum atomic E-state index is 13.2. The van der Waals surface area contributed by atoms with Crippen LogP contribution in [0.5, 0.6) is 0 Å². The van der Waals surface area contributed by atoms with E-state index >= 15 is 0 Å². The fourth-order valence-electron chi connectivity index (χ4n) is 1.02. The van der Waals surface area contributed by atoms with Crippen LogP contribution in [0.1, 0.15) is 12.5 Å². The molecule has 0 bridgehead atoms. The molecule has 1 aromatic rings. The van der Waals surface area contributed by atoms with Crippen LogP contribution in [-0.2, 0) is 4.74 Å². The number of ether oxygens (including phenoxy) is 1. The summed E-state index contributed by atoms with van der Waals surface area (Å²) in [5.41, 5.74) is 0.0710. The van der Waals surface area contributed by atoms with Gasteiger partial charge in [-0.2, -0.15) is 5.26 Å². The van der Waals surface area contributed by atoms with E-state index in [0.717, 1.165) is 18.4 Å². The van der Waals surface area contributed by atoms with Crippen LogP contribution in [-0.4, -0.2) is 6.61 Å². The average Bonchev–Trinajstić information content (AvgIpc) is 2.21. The van der Waals surface area contributed by atoms with Crippen LogP contribution in [0.3, 0.4) is 0 Å². The Morgan fingerprint density at radius 1 is 1.53 bits per heavy atom. The zero-order valence-corrected chi connectivity index (χ0v) is 8.13. The van der Waals surface area contributed by atoms with Gasteiger partial charge in [-0.15, -0.1) is 0 Å². The van der Waals surface area contributed by atoms with E-state index in [0.29, 0.717) is 6.61 Å². The molecule has 0 heterocycles. The van der Waals surface area contributed by atoms with Crippen molar-refractivity contribution in [2.45, 2.75) is 6.92 Å². The van der Waals surface area contributed by atoms with Crippen molar-refractivity contribution < 1.29 is 13.5 Å². The number of allylic oxidation sites excluding steroid dienone is 1. The highest BCUT2D eigenvalue weighted by Crippen LogP contribution is 2.18. The quantitative estimate of drug-likeness (QED) is 0.566. The van der Waals surface area contributed by atoms with E-state index in [1.54, 1.807) is 13.0 Å². The number of nitriles is 1. The van der Waals surface area contributed by atoms with Gasteiger partial charge in [-0.1, -0.05) is 0 Å². The maximum Gasteiger partial charge on any atom is 0.134 e. The Morgan fingerprint density at radius 3 is 2.80 bits per heavy atom. The fourth-order valence-corrected chi connectivity index (χ4v) is 1.02. The van der Waals surface area contributed by atoms with Crippen LogP contribution in [0.25, 0.3) is 5.57 Å². The summed E-state index contributed by atoms with van der Waals surface area (Å²) in [6.45, 7) is 2.13. The first kappa shape index (κ1) is 11.2. The first-order valence-corrected chi connectivity index (χ1v) is 4.36. The third kappa shape index (κ3) is 2.78. The second-order valence-electron chi connectivity index (χ2n) is 2.72. The van der Waals surface area contributed by atoms with Crippen molar-refractivity contribution in [2.75, 3.05) is 6.61 Å². The van der Waals surface area contributed by atoms with E-state index < -0.39 is 11.6 Å². The van der Waals surface area contributed by atoms with Crippen molar-refractivity contribution in [3.8, 4) is 6.07 Å². The van der Waals surface area contributed by atoms with Crippen molar-refractivity contribution in [2.24, 2.45) is 0 Å². The summed E-state index contributed by atoms with van der Waals surface area (Å²) < 4.78 is 30.7. The standard InChI is InChI=1S/C11H9F2NO/c1-2-15-7-8(6-14)10-4-3-9(12)5-11(10)13/h3-5,7H,2H2,1H3/b8-7-. The van der Waals surface area contributed by atoms with Crippen LogP contribution < -0.4 is 0 Å². The molecule has 0 atom stereocenters. The van der Waals surface area contributed by atoms with Crippen LogP contribution in [0.15, 0.2) is 24.5 Å². The molecule has 0 aromatic heterocycles. The molecular formula is C11H9F2NO. The predicted molar refractivity (Wildman–Crippen MR) is 51.6 cm³/mol. The largest absolute Gasteiger partial charge is 0.500 e. The highest BCUT2D eigenvalue weighted by molar-refractivity contribution is 5.76. The van der Waals surface area contributed by atoms with E-state index in [4.69, 9.17) is 10.00 Å². The minimum atomic E-state index is -0.775. The van der Waals surface area contributed by atoms with Gasteiger partial charge in [0.15, 0.2) is 0 Å². The molecule has 0 amide bonds. The van der Waals surface area contributed by atoms with E-state index in [9.17, 15) is 8.78 Å². The van der Waals surface area contributed by atoms with Crippen LogP contribution in [0.4, 0.5) is 8.78 Å². The van der Waals surface area contributed by atoms with Crippen LogP contribution in [0, 0.1) is 23.0 Å². The number of hydrogen-bond acceptors (Lipinski definition) is 2. The topological polar surface area (TPSA) is 33.0 Å². The highest BCUT2D eigenvalue weighted by atomic mass is 19.1. The van der Waals surface area contributed by atoms with Gasteiger partial charge in [-0.05, 0) is 19.1 Å². The van der Waals surface area contributed by atoms with Gasteiger partial charge in [0.25, 0.3) is 0 Å². The lowest BCUT2D eigenvalue weighted by molar-refractivity contribution is 0.271. The lowest BCUT2D eigenvalue weighted by Crippen LogP contribution is -1.91. The number of rotatable bonds is 3. The summed E-state index contributed by atoms with van der Waals surface area (Å²) in [6, 6.07) is 4.82. The molecule has 0 aliphatic rings. The lowest BCUT2D eigenvalue weighted by atomic mass is 10.1. The minimum Gasteiger partial charge on any atom is -0.500 e. The zero-order valence-electron chi connectivity index (χ0n) is 8.13. The average molecular weight is 209 g/mol. The van der Waals surface area contributed by atoms with Crippen molar-refractivity contribution in [3.05, 3.63) is 41.7 Å². The van der Waals surface area contributed by atoms with Gasteiger partial charge in [0.1, 0.15) is 24.0 Å². The SMILES string of the molecule is CCO/C=C(/C#N)c1ccc(F)cc1F. The van der Waals surface area contributed by atoms with Crippen molar-refractivity contribution in [3.63, 3.8) is 0 Å². The summed E-state index contributed by atoms with van der Waals surface area (Å²) in [5.74, 6) is -1.45. The normalized spacial score (nSPS) is 10.9. The minimum absolute atomic E-state index is 0.0346. The zero-order chi connectivity index (χ0) is 11.3. The number of nitrogens with zero attached hydrogens (tertiary/aromatic N) is 1. The predicted octanol–water partition coefficient (Wildman–Crippen LogP) is 2.87. The summed E-state index contributed by atoms with van der Waals surface area (Å²) in [5, 5.41) is 8.74. The van der Waals surface area contributed by atoms with Gasteiger partial charge < -0.3 is 4.74 Å². The van der Waals surface area contributed by atoms with Crippen LogP contribution in [0.2, 0.25) is 0 Å². The lowest BCUT2D eigenvalue weighted by Gasteiger charge is -2.01. The number of hydrogen-bond donors (Lipinski definition) is 0. The molecule has 0 radical (unpaired) electrons. The molecule has 4 heteroatoms. The van der Waals surface area contributed by atoms with E-state index in [1.807, 2.05) is 0 Å². The Labute approximate surface area is 86.4 Å². The summed E-state index contributed by atoms with van der Waals surface area (Å²) in [4.78, 5) is 0. The van der Waals surface area contributed by atoms with Crippen molar-refractivity contribution >= 4 is 5.57 Å². The molecule has 0 aliphatic carbocycles. The summed E-state index contributed by atoms with van der Waals surface area (Å²) >= 11 is 0. The Kier molecular flexibility index (Phi) is 3.81. The molecule has 0 aliphatic heterocycles. The summed E-state index contributed by atoms with van der Waals surface area (Å²) in [7, 11) is 0. The van der Waals surface area contributed by atoms with Crippen LogP contribution >= 0.6 is 0 Å². The number of benzene rings is 1. The molecule has 0 N–H and O–H groups in total. The molecule has 0 fully saturated rings. The first-order valence-electron chi connectivity index (χ1n) is 4.36. The van der Waals surface area contributed by atoms with E-state index in [1.165, 1.54) is 6.07 Å². The molecule has 1 aromatic carbocycles. The molecule has 78 valence electrons. The third-order valence-corrected chi connectivity index (χ3v) is 1.71. The van der Waals surface area contributed by atoms with Gasteiger partial charge in [-0.25, -0.2) is 8.78 Å². The Hall–Kier alpha value is -1.89. The Bertz CT molecular complexity index is 421. The second kappa shape index (κ2) is 5.11. The number of halogens is 2. The summed E-state index contributed by atoms with van der Waals surface area (Å²) in [6.07, 6.45) is 1.16. The van der Waals surface area contributed by atoms with Crippen molar-refractivity contribution in [1.29, 1.82) is 5.26 Å². The maximum absolute atomic E-state index is 13.2. The molecule has 0 spiro atoms. The molecular weight excluding hydrogens is 200 g/mol. The molecule has 0 unspecified atom stereocenters. The first-order chi connectivity index (χ1) is 7.19. The van der Waals surface area contributed by atoms with Crippen molar-refractivity contribution in [1.82, 2.24) is 0 Å². The van der Waals surface area contributed by atoms with Gasteiger partial charge in [0, 0.05) is 11.6 Å². The van der Waals surface area contributed by atoms with Gasteiger partial charge in [-0.3, -0.25) is 0 Å². The molecule has 0 saturated carbocycles. The fraction of sp³-hybridized carbons (Fsp3) is 0.182. The monoisotopic (exact) mass is 209 g/mol. The molecule has 2 nitrogen and oxygen atoms in total. The second-order valence-corrected chi connectivity index (χ2v) is 2.72. The van der Waals surface area contributed by atoms with Gasteiger partial charge >= 0.3 is 0 Å². The molecule has 0 saturated heterocycles. The van der Waals surface area contributed by atoms with Gasteiger partial charge in [0.2, 0.25) is 0 Å². The molecule has 15 heavy (non-hydrogen) atoms. The highest BCUT2D eigenvalue weighted by Gasteiger charge is 2.08. The molecule has 1 rings (SSSR count).